The Morgan fingerprint density at radius 2 is 1.77 bits per heavy atom. The van der Waals surface area contributed by atoms with Crippen LogP contribution in [-0.2, 0) is 31.4 Å². The van der Waals surface area contributed by atoms with Gasteiger partial charge in [0.1, 0.15) is 0 Å². The molecule has 1 atom stereocenters. The van der Waals surface area contributed by atoms with E-state index < -0.39 is 27.6 Å². The molecule has 0 bridgehead atoms. The summed E-state index contributed by atoms with van der Waals surface area (Å²) < 4.78 is 76.1. The van der Waals surface area contributed by atoms with Crippen LogP contribution in [0.15, 0.2) is 24.3 Å². The van der Waals surface area contributed by atoms with Crippen molar-refractivity contribution in [1.29, 1.82) is 0 Å². The van der Waals surface area contributed by atoms with Crippen LogP contribution in [0.3, 0.4) is 0 Å². The summed E-state index contributed by atoms with van der Waals surface area (Å²) in [6, 6.07) is 4.11. The lowest BCUT2D eigenvalue weighted by atomic mass is 9.94. The van der Waals surface area contributed by atoms with Crippen molar-refractivity contribution < 1.29 is 31.1 Å². The maximum absolute atomic E-state index is 12.5. The topological polar surface area (TPSA) is 64.6 Å². The lowest BCUT2D eigenvalue weighted by Gasteiger charge is -2.31. The summed E-state index contributed by atoms with van der Waals surface area (Å²) in [5, 5.41) is 0. The third-order valence-corrected chi connectivity index (χ3v) is 6.02. The molecule has 1 saturated heterocycles. The van der Waals surface area contributed by atoms with Crippen LogP contribution in [-0.4, -0.2) is 33.5 Å². The fourth-order valence-corrected chi connectivity index (χ4v) is 4.52. The molecule has 5 nitrogen and oxygen atoms in total. The minimum atomic E-state index is -4.44. The monoisotopic (exact) mass is 393 g/mol. The first-order valence-electron chi connectivity index (χ1n) is 8.63. The number of rotatable bonds is 5. The Kier molecular flexibility index (Phi) is 5.62. The molecule has 0 amide bonds. The predicted molar refractivity (Wildman–Crippen MR) is 88.7 cm³/mol. The second-order valence-corrected chi connectivity index (χ2v) is 8.63. The molecule has 1 aromatic rings. The van der Waals surface area contributed by atoms with E-state index in [0.29, 0.717) is 6.61 Å². The molecular formula is C17H22F3NO4S. The van der Waals surface area contributed by atoms with Crippen LogP contribution in [0, 0.1) is 0 Å². The summed E-state index contributed by atoms with van der Waals surface area (Å²) in [7, 11) is -3.68. The van der Waals surface area contributed by atoms with Crippen molar-refractivity contribution in [3.63, 3.8) is 0 Å². The Hall–Kier alpha value is -1.16. The van der Waals surface area contributed by atoms with E-state index in [9.17, 15) is 21.6 Å². The van der Waals surface area contributed by atoms with Gasteiger partial charge < -0.3 is 9.47 Å². The van der Waals surface area contributed by atoms with Gasteiger partial charge in [-0.05, 0) is 30.5 Å². The van der Waals surface area contributed by atoms with Crippen LogP contribution in [0.5, 0.6) is 0 Å². The van der Waals surface area contributed by atoms with Crippen molar-refractivity contribution in [1.82, 2.24) is 4.72 Å². The molecule has 2 fully saturated rings. The van der Waals surface area contributed by atoms with Crippen LogP contribution in [0.2, 0.25) is 0 Å². The van der Waals surface area contributed by atoms with Crippen molar-refractivity contribution in [3.05, 3.63) is 35.4 Å². The van der Waals surface area contributed by atoms with E-state index in [0.717, 1.165) is 44.2 Å². The third kappa shape index (κ3) is 4.97. The normalized spacial score (nSPS) is 23.4. The largest absolute Gasteiger partial charge is 0.416 e. The summed E-state index contributed by atoms with van der Waals surface area (Å²) in [5.41, 5.74) is -0.515. The van der Waals surface area contributed by atoms with Crippen LogP contribution < -0.4 is 4.72 Å². The van der Waals surface area contributed by atoms with E-state index in [1.165, 1.54) is 12.1 Å². The molecule has 3 rings (SSSR count). The summed E-state index contributed by atoms with van der Waals surface area (Å²) in [6.07, 6.45) is 0.0710. The van der Waals surface area contributed by atoms with Crippen molar-refractivity contribution in [3.8, 4) is 0 Å². The van der Waals surface area contributed by atoms with Crippen LogP contribution >= 0.6 is 0 Å². The zero-order valence-electron chi connectivity index (χ0n) is 14.2. The molecule has 9 heteroatoms. The number of halogens is 3. The average Bonchev–Trinajstić information content (AvgIpc) is 2.96. The molecule has 1 aliphatic carbocycles. The molecule has 1 spiro atoms. The number of benzene rings is 1. The first-order valence-corrected chi connectivity index (χ1v) is 10.3. The standard InChI is InChI=1S/C17H22F3NO4S/c18-17(19,20)14-6-4-13(5-7-14)12-26(22,23)21-10-15-11-24-16(25-15)8-2-1-3-9-16/h4-7,15,21H,1-3,8-12H2/t15-/m0/s1. The lowest BCUT2D eigenvalue weighted by molar-refractivity contribution is -0.186. The zero-order valence-corrected chi connectivity index (χ0v) is 15.0. The van der Waals surface area contributed by atoms with E-state index in [1.54, 1.807) is 0 Å². The second kappa shape index (κ2) is 7.46. The Morgan fingerprint density at radius 1 is 1.12 bits per heavy atom. The molecule has 1 aliphatic heterocycles. The third-order valence-electron chi connectivity index (χ3n) is 4.70. The highest BCUT2D eigenvalue weighted by molar-refractivity contribution is 7.88. The Bertz CT molecular complexity index is 713. The molecule has 1 aromatic carbocycles. The maximum atomic E-state index is 12.5. The highest BCUT2D eigenvalue weighted by Gasteiger charge is 2.42. The number of alkyl halides is 3. The maximum Gasteiger partial charge on any atom is 0.416 e. The smallest absolute Gasteiger partial charge is 0.347 e. The summed E-state index contributed by atoms with van der Waals surface area (Å²) >= 11 is 0. The molecular weight excluding hydrogens is 371 g/mol. The van der Waals surface area contributed by atoms with Gasteiger partial charge in [-0.15, -0.1) is 0 Å². The average molecular weight is 393 g/mol. The Labute approximate surface area is 150 Å². The minimum absolute atomic E-state index is 0.0880. The second-order valence-electron chi connectivity index (χ2n) is 6.82. The van der Waals surface area contributed by atoms with Crippen LogP contribution in [0.4, 0.5) is 13.2 Å². The van der Waals surface area contributed by atoms with Gasteiger partial charge in [0.15, 0.2) is 5.79 Å². The van der Waals surface area contributed by atoms with Gasteiger partial charge in [0.2, 0.25) is 10.0 Å². The molecule has 2 aliphatic rings. The number of ether oxygens (including phenoxy) is 2. The van der Waals surface area contributed by atoms with Gasteiger partial charge in [-0.3, -0.25) is 0 Å². The SMILES string of the molecule is O=S(=O)(Cc1ccc(C(F)(F)F)cc1)NC[C@H]1COC2(CCCCC2)O1. The predicted octanol–water partition coefficient (Wildman–Crippen LogP) is 3.20. The lowest BCUT2D eigenvalue weighted by Crippen LogP contribution is -2.37. The van der Waals surface area contributed by atoms with Gasteiger partial charge in [-0.1, -0.05) is 18.6 Å². The fraction of sp³-hybridized carbons (Fsp3) is 0.647. The molecule has 0 unspecified atom stereocenters. The van der Waals surface area contributed by atoms with Gasteiger partial charge in [0, 0.05) is 19.4 Å². The number of hydrogen-bond acceptors (Lipinski definition) is 4. The first kappa shape index (κ1) is 19.6. The quantitative estimate of drug-likeness (QED) is 0.835. The summed E-state index contributed by atoms with van der Waals surface area (Å²) in [4.78, 5) is 0. The molecule has 1 N–H and O–H groups in total. The summed E-state index contributed by atoms with van der Waals surface area (Å²) in [6.45, 7) is 0.424. The Balaban J connectivity index is 1.51. The Morgan fingerprint density at radius 3 is 2.38 bits per heavy atom. The zero-order chi connectivity index (χ0) is 18.8. The molecule has 1 heterocycles. The van der Waals surface area contributed by atoms with E-state index in [-0.39, 0.29) is 24.0 Å². The molecule has 0 aromatic heterocycles. The van der Waals surface area contributed by atoms with Crippen molar-refractivity contribution in [2.45, 2.75) is 55.9 Å². The van der Waals surface area contributed by atoms with E-state index in [2.05, 4.69) is 4.72 Å². The van der Waals surface area contributed by atoms with E-state index in [1.807, 2.05) is 0 Å². The number of sulfonamides is 1. The van der Waals surface area contributed by atoms with E-state index >= 15 is 0 Å². The number of hydrogen-bond donors (Lipinski definition) is 1. The van der Waals surface area contributed by atoms with Crippen molar-refractivity contribution in [2.24, 2.45) is 0 Å². The first-order chi connectivity index (χ1) is 12.2. The molecule has 0 radical (unpaired) electrons. The van der Waals surface area contributed by atoms with Gasteiger partial charge >= 0.3 is 6.18 Å². The van der Waals surface area contributed by atoms with Gasteiger partial charge in [-0.25, -0.2) is 13.1 Å². The van der Waals surface area contributed by atoms with Crippen LogP contribution in [0.1, 0.15) is 43.2 Å². The van der Waals surface area contributed by atoms with Gasteiger partial charge in [-0.2, -0.15) is 13.2 Å². The summed E-state index contributed by atoms with van der Waals surface area (Å²) in [5.74, 6) is -0.953. The van der Waals surface area contributed by atoms with Crippen LogP contribution in [0.25, 0.3) is 0 Å². The van der Waals surface area contributed by atoms with E-state index in [4.69, 9.17) is 9.47 Å². The van der Waals surface area contributed by atoms with Gasteiger partial charge in [0.05, 0.1) is 24.0 Å². The van der Waals surface area contributed by atoms with Crippen molar-refractivity contribution >= 4 is 10.0 Å². The van der Waals surface area contributed by atoms with Crippen molar-refractivity contribution in [2.75, 3.05) is 13.2 Å². The highest BCUT2D eigenvalue weighted by Crippen LogP contribution is 2.37. The highest BCUT2D eigenvalue weighted by atomic mass is 32.2. The molecule has 26 heavy (non-hydrogen) atoms. The fourth-order valence-electron chi connectivity index (χ4n) is 3.35. The van der Waals surface area contributed by atoms with Gasteiger partial charge in [0.25, 0.3) is 0 Å². The molecule has 146 valence electrons. The number of nitrogens with one attached hydrogen (secondary N) is 1. The minimum Gasteiger partial charge on any atom is -0.347 e. The molecule has 1 saturated carbocycles.